The van der Waals surface area contributed by atoms with Crippen molar-refractivity contribution in [2.75, 3.05) is 13.2 Å². The highest BCUT2D eigenvalue weighted by atomic mass is 19.1. The standard InChI is InChI=1S/C14H20FNO2/c1-3-5-14(17)16-9-8-11-6-7-13(18-4-2)12(15)10-11/h6-7,10H,3-5,8-9H2,1-2H3,(H,16,17). The number of carbonyl (C=O) groups excluding carboxylic acids is 1. The lowest BCUT2D eigenvalue weighted by molar-refractivity contribution is -0.121. The number of ether oxygens (including phenoxy) is 1. The zero-order valence-electron chi connectivity index (χ0n) is 11.0. The van der Waals surface area contributed by atoms with E-state index in [9.17, 15) is 9.18 Å². The molecule has 1 amide bonds. The predicted molar refractivity (Wildman–Crippen MR) is 69.2 cm³/mol. The second-order valence-corrected chi connectivity index (χ2v) is 4.05. The average molecular weight is 253 g/mol. The Morgan fingerprint density at radius 3 is 2.78 bits per heavy atom. The Hall–Kier alpha value is -1.58. The highest BCUT2D eigenvalue weighted by Crippen LogP contribution is 2.18. The molecule has 4 heteroatoms. The van der Waals surface area contributed by atoms with E-state index < -0.39 is 0 Å². The van der Waals surface area contributed by atoms with Crippen LogP contribution in [0.5, 0.6) is 5.75 Å². The summed E-state index contributed by atoms with van der Waals surface area (Å²) < 4.78 is 18.7. The summed E-state index contributed by atoms with van der Waals surface area (Å²) in [5.41, 5.74) is 0.854. The molecule has 0 aliphatic heterocycles. The molecule has 0 radical (unpaired) electrons. The number of nitrogens with one attached hydrogen (secondary N) is 1. The largest absolute Gasteiger partial charge is 0.491 e. The van der Waals surface area contributed by atoms with Crippen molar-refractivity contribution >= 4 is 5.91 Å². The van der Waals surface area contributed by atoms with Gasteiger partial charge in [-0.3, -0.25) is 4.79 Å². The molecule has 0 heterocycles. The zero-order valence-corrected chi connectivity index (χ0v) is 11.0. The van der Waals surface area contributed by atoms with E-state index in [2.05, 4.69) is 5.32 Å². The maximum atomic E-state index is 13.5. The molecule has 18 heavy (non-hydrogen) atoms. The molecule has 0 aliphatic carbocycles. The van der Waals surface area contributed by atoms with Crippen molar-refractivity contribution in [1.29, 1.82) is 0 Å². The van der Waals surface area contributed by atoms with Gasteiger partial charge in [-0.1, -0.05) is 13.0 Å². The van der Waals surface area contributed by atoms with Crippen molar-refractivity contribution in [3.05, 3.63) is 29.6 Å². The topological polar surface area (TPSA) is 38.3 Å². The van der Waals surface area contributed by atoms with Crippen LogP contribution in [-0.4, -0.2) is 19.1 Å². The Bertz CT molecular complexity index is 393. The first kappa shape index (κ1) is 14.5. The SMILES string of the molecule is CCCC(=O)NCCc1ccc(OCC)c(F)c1. The summed E-state index contributed by atoms with van der Waals surface area (Å²) in [7, 11) is 0. The van der Waals surface area contributed by atoms with Gasteiger partial charge in [0.2, 0.25) is 5.91 Å². The second-order valence-electron chi connectivity index (χ2n) is 4.05. The van der Waals surface area contributed by atoms with Crippen LogP contribution in [-0.2, 0) is 11.2 Å². The van der Waals surface area contributed by atoms with Crippen molar-refractivity contribution in [2.45, 2.75) is 33.1 Å². The van der Waals surface area contributed by atoms with Gasteiger partial charge in [-0.25, -0.2) is 4.39 Å². The van der Waals surface area contributed by atoms with Gasteiger partial charge < -0.3 is 10.1 Å². The normalized spacial score (nSPS) is 10.2. The smallest absolute Gasteiger partial charge is 0.219 e. The maximum absolute atomic E-state index is 13.5. The van der Waals surface area contributed by atoms with Crippen LogP contribution in [0.2, 0.25) is 0 Å². The van der Waals surface area contributed by atoms with Crippen LogP contribution < -0.4 is 10.1 Å². The van der Waals surface area contributed by atoms with Gasteiger partial charge in [0.15, 0.2) is 11.6 Å². The molecular formula is C14H20FNO2. The monoisotopic (exact) mass is 253 g/mol. The summed E-state index contributed by atoms with van der Waals surface area (Å²) in [5, 5.41) is 2.80. The number of halogens is 1. The summed E-state index contributed by atoms with van der Waals surface area (Å²) in [6, 6.07) is 4.90. The molecule has 0 unspecified atom stereocenters. The van der Waals surface area contributed by atoms with E-state index in [0.717, 1.165) is 12.0 Å². The summed E-state index contributed by atoms with van der Waals surface area (Å²) in [6.45, 7) is 4.76. The van der Waals surface area contributed by atoms with E-state index in [-0.39, 0.29) is 17.5 Å². The van der Waals surface area contributed by atoms with Crippen molar-refractivity contribution in [3.8, 4) is 5.75 Å². The predicted octanol–water partition coefficient (Wildman–Crippen LogP) is 2.68. The first-order valence-electron chi connectivity index (χ1n) is 6.35. The van der Waals surface area contributed by atoms with Crippen LogP contribution in [0.15, 0.2) is 18.2 Å². The third-order valence-electron chi connectivity index (χ3n) is 2.51. The fourth-order valence-corrected chi connectivity index (χ4v) is 1.63. The number of hydrogen-bond acceptors (Lipinski definition) is 2. The molecule has 1 aromatic carbocycles. The minimum Gasteiger partial charge on any atom is -0.491 e. The third-order valence-corrected chi connectivity index (χ3v) is 2.51. The number of rotatable bonds is 7. The van der Waals surface area contributed by atoms with Crippen LogP contribution in [0.3, 0.4) is 0 Å². The Morgan fingerprint density at radius 1 is 1.39 bits per heavy atom. The van der Waals surface area contributed by atoms with Crippen LogP contribution in [0.4, 0.5) is 4.39 Å². The molecule has 0 fully saturated rings. The Morgan fingerprint density at radius 2 is 2.17 bits per heavy atom. The molecular weight excluding hydrogens is 233 g/mol. The van der Waals surface area contributed by atoms with Gasteiger partial charge in [0.1, 0.15) is 0 Å². The summed E-state index contributed by atoms with van der Waals surface area (Å²) >= 11 is 0. The lowest BCUT2D eigenvalue weighted by atomic mass is 10.1. The fraction of sp³-hybridized carbons (Fsp3) is 0.500. The van der Waals surface area contributed by atoms with E-state index in [4.69, 9.17) is 4.74 Å². The lowest BCUT2D eigenvalue weighted by Crippen LogP contribution is -2.25. The van der Waals surface area contributed by atoms with Gasteiger partial charge in [-0.05, 0) is 37.5 Å². The third kappa shape index (κ3) is 4.73. The number of benzene rings is 1. The minimum absolute atomic E-state index is 0.0453. The van der Waals surface area contributed by atoms with E-state index in [1.54, 1.807) is 6.07 Å². The molecule has 0 spiro atoms. The Kier molecular flexibility index (Phi) is 6.19. The van der Waals surface area contributed by atoms with Crippen LogP contribution >= 0.6 is 0 Å². The zero-order chi connectivity index (χ0) is 13.4. The van der Waals surface area contributed by atoms with Gasteiger partial charge in [0.25, 0.3) is 0 Å². The van der Waals surface area contributed by atoms with Gasteiger partial charge >= 0.3 is 0 Å². The second kappa shape index (κ2) is 7.69. The molecule has 0 aromatic heterocycles. The van der Waals surface area contributed by atoms with Crippen molar-refractivity contribution < 1.29 is 13.9 Å². The van der Waals surface area contributed by atoms with E-state index in [0.29, 0.717) is 26.0 Å². The van der Waals surface area contributed by atoms with E-state index >= 15 is 0 Å². The maximum Gasteiger partial charge on any atom is 0.219 e. The molecule has 0 aliphatic rings. The van der Waals surface area contributed by atoms with Crippen LogP contribution in [0, 0.1) is 5.82 Å². The van der Waals surface area contributed by atoms with Crippen LogP contribution in [0.1, 0.15) is 32.3 Å². The molecule has 0 saturated carbocycles. The molecule has 0 saturated heterocycles. The molecule has 100 valence electrons. The first-order chi connectivity index (χ1) is 8.67. The highest BCUT2D eigenvalue weighted by molar-refractivity contribution is 5.75. The Labute approximate surface area is 107 Å². The van der Waals surface area contributed by atoms with E-state index in [1.807, 2.05) is 19.9 Å². The molecule has 0 bridgehead atoms. The van der Waals surface area contributed by atoms with Crippen molar-refractivity contribution in [2.24, 2.45) is 0 Å². The Balaban J connectivity index is 2.43. The van der Waals surface area contributed by atoms with E-state index in [1.165, 1.54) is 6.07 Å². The summed E-state index contributed by atoms with van der Waals surface area (Å²) in [4.78, 5) is 11.2. The van der Waals surface area contributed by atoms with Crippen molar-refractivity contribution in [3.63, 3.8) is 0 Å². The highest BCUT2D eigenvalue weighted by Gasteiger charge is 2.04. The summed E-state index contributed by atoms with van der Waals surface area (Å²) in [5.74, 6) is -0.0330. The molecule has 1 N–H and O–H groups in total. The lowest BCUT2D eigenvalue weighted by Gasteiger charge is -2.07. The fourth-order valence-electron chi connectivity index (χ4n) is 1.63. The average Bonchev–Trinajstić information content (AvgIpc) is 2.33. The van der Waals surface area contributed by atoms with Gasteiger partial charge in [-0.2, -0.15) is 0 Å². The quantitative estimate of drug-likeness (QED) is 0.811. The van der Waals surface area contributed by atoms with Crippen molar-refractivity contribution in [1.82, 2.24) is 5.32 Å². The number of amides is 1. The molecule has 1 aromatic rings. The van der Waals surface area contributed by atoms with Gasteiger partial charge in [-0.15, -0.1) is 0 Å². The number of carbonyl (C=O) groups is 1. The first-order valence-corrected chi connectivity index (χ1v) is 6.35. The summed E-state index contributed by atoms with van der Waals surface area (Å²) in [6.07, 6.45) is 2.00. The van der Waals surface area contributed by atoms with Crippen LogP contribution in [0.25, 0.3) is 0 Å². The number of hydrogen-bond donors (Lipinski definition) is 1. The molecule has 1 rings (SSSR count). The molecule has 3 nitrogen and oxygen atoms in total. The van der Waals surface area contributed by atoms with Gasteiger partial charge in [0, 0.05) is 13.0 Å². The van der Waals surface area contributed by atoms with Gasteiger partial charge in [0.05, 0.1) is 6.61 Å². The molecule has 0 atom stereocenters. The minimum atomic E-state index is -0.353.